The third-order valence-corrected chi connectivity index (χ3v) is 8.31. The number of nitrogens with one attached hydrogen (secondary N) is 1. The average molecular weight is 486 g/mol. The van der Waals surface area contributed by atoms with Gasteiger partial charge in [0.25, 0.3) is 5.91 Å². The zero-order valence-corrected chi connectivity index (χ0v) is 19.8. The number of benzene rings is 2. The molecule has 1 aromatic heterocycles. The van der Waals surface area contributed by atoms with E-state index < -0.39 is 15.9 Å². The lowest BCUT2D eigenvalue weighted by Crippen LogP contribution is -2.28. The minimum Gasteiger partial charge on any atom is -0.495 e. The molecule has 0 spiro atoms. The van der Waals surface area contributed by atoms with Crippen LogP contribution in [0.1, 0.15) is 39.8 Å². The lowest BCUT2D eigenvalue weighted by Gasteiger charge is -2.18. The number of carbonyl (C=O) groups is 2. The molecule has 1 amide bonds. The maximum atomic E-state index is 13.1. The predicted octanol–water partition coefficient (Wildman–Crippen LogP) is 4.06. The minimum absolute atomic E-state index is 0.0481. The second kappa shape index (κ2) is 9.42. The van der Waals surface area contributed by atoms with Crippen LogP contribution in [0, 0.1) is 0 Å². The van der Waals surface area contributed by atoms with Gasteiger partial charge in [-0.25, -0.2) is 13.4 Å². The first-order chi connectivity index (χ1) is 15.8. The van der Waals surface area contributed by atoms with E-state index in [9.17, 15) is 18.0 Å². The lowest BCUT2D eigenvalue weighted by molar-refractivity contribution is 0.101. The van der Waals surface area contributed by atoms with Crippen LogP contribution < -0.4 is 10.1 Å². The van der Waals surface area contributed by atoms with E-state index in [0.29, 0.717) is 23.7 Å². The summed E-state index contributed by atoms with van der Waals surface area (Å²) in [5.74, 6) is -0.507. The highest BCUT2D eigenvalue weighted by Crippen LogP contribution is 2.33. The summed E-state index contributed by atoms with van der Waals surface area (Å²) in [4.78, 5) is 29.9. The highest BCUT2D eigenvalue weighted by atomic mass is 32.2. The molecule has 2 aromatic carbocycles. The van der Waals surface area contributed by atoms with Crippen molar-refractivity contribution < 1.29 is 22.7 Å². The Hall–Kier alpha value is -3.08. The van der Waals surface area contributed by atoms with Gasteiger partial charge in [0.05, 0.1) is 17.7 Å². The van der Waals surface area contributed by atoms with Crippen molar-refractivity contribution in [3.8, 4) is 17.0 Å². The molecule has 3 aromatic rings. The molecule has 0 unspecified atom stereocenters. The minimum atomic E-state index is -3.79. The number of hydrogen-bond acceptors (Lipinski definition) is 7. The SMILES string of the molecule is COc1ccc(C(=O)Nc2nc(-c3ccccc3)c(C(C)=O)s2)cc1S(=O)(=O)N1CCCC1. The summed E-state index contributed by atoms with van der Waals surface area (Å²) in [5.41, 5.74) is 1.41. The highest BCUT2D eigenvalue weighted by Gasteiger charge is 2.31. The number of aromatic nitrogens is 1. The normalized spacial score (nSPS) is 14.2. The number of anilines is 1. The Kier molecular flexibility index (Phi) is 6.59. The number of carbonyl (C=O) groups excluding carboxylic acids is 2. The molecule has 0 atom stereocenters. The van der Waals surface area contributed by atoms with Gasteiger partial charge >= 0.3 is 0 Å². The summed E-state index contributed by atoms with van der Waals surface area (Å²) >= 11 is 1.08. The molecule has 10 heteroatoms. The van der Waals surface area contributed by atoms with Gasteiger partial charge in [-0.3, -0.25) is 14.9 Å². The molecule has 8 nitrogen and oxygen atoms in total. The molecule has 1 fully saturated rings. The van der Waals surface area contributed by atoms with Gasteiger partial charge in [0.2, 0.25) is 10.0 Å². The zero-order valence-electron chi connectivity index (χ0n) is 18.2. The molecule has 0 bridgehead atoms. The third-order valence-electron chi connectivity index (χ3n) is 5.32. The Morgan fingerprint density at radius 1 is 1.09 bits per heavy atom. The van der Waals surface area contributed by atoms with Crippen molar-refractivity contribution in [2.75, 3.05) is 25.5 Å². The van der Waals surface area contributed by atoms with Crippen molar-refractivity contribution in [2.24, 2.45) is 0 Å². The molecule has 4 rings (SSSR count). The van der Waals surface area contributed by atoms with Crippen molar-refractivity contribution in [1.29, 1.82) is 0 Å². The molecular weight excluding hydrogens is 462 g/mol. The van der Waals surface area contributed by atoms with E-state index in [2.05, 4.69) is 10.3 Å². The number of ketones is 1. The van der Waals surface area contributed by atoms with Crippen molar-refractivity contribution in [3.63, 3.8) is 0 Å². The van der Waals surface area contributed by atoms with Crippen molar-refractivity contribution in [3.05, 3.63) is 59.0 Å². The van der Waals surface area contributed by atoms with Crippen molar-refractivity contribution in [1.82, 2.24) is 9.29 Å². The van der Waals surface area contributed by atoms with Gasteiger partial charge < -0.3 is 4.74 Å². The fourth-order valence-corrected chi connectivity index (χ4v) is 6.24. The first-order valence-electron chi connectivity index (χ1n) is 10.4. The number of sulfonamides is 1. The van der Waals surface area contributed by atoms with Crippen LogP contribution in [-0.2, 0) is 10.0 Å². The first-order valence-corrected chi connectivity index (χ1v) is 12.6. The number of methoxy groups -OCH3 is 1. The molecule has 1 N–H and O–H groups in total. The summed E-state index contributed by atoms with van der Waals surface area (Å²) in [5, 5.41) is 2.95. The Bertz CT molecular complexity index is 1300. The first kappa shape index (κ1) is 23.1. The fraction of sp³-hybridized carbons (Fsp3) is 0.261. The van der Waals surface area contributed by atoms with E-state index in [1.54, 1.807) is 0 Å². The highest BCUT2D eigenvalue weighted by molar-refractivity contribution is 7.89. The van der Waals surface area contributed by atoms with Gasteiger partial charge in [-0.05, 0) is 31.0 Å². The predicted molar refractivity (Wildman–Crippen MR) is 126 cm³/mol. The van der Waals surface area contributed by atoms with E-state index in [-0.39, 0.29) is 27.1 Å². The Morgan fingerprint density at radius 2 is 1.79 bits per heavy atom. The molecule has 172 valence electrons. The van der Waals surface area contributed by atoms with E-state index >= 15 is 0 Å². The Balaban J connectivity index is 1.65. The standard InChI is InChI=1S/C23H23N3O5S2/c1-15(27)21-20(16-8-4-3-5-9-16)24-23(32-21)25-22(28)17-10-11-18(31-2)19(14-17)33(29,30)26-12-6-7-13-26/h3-5,8-11,14H,6-7,12-13H2,1-2H3,(H,24,25,28). The lowest BCUT2D eigenvalue weighted by atomic mass is 10.1. The second-order valence-corrected chi connectivity index (χ2v) is 10.5. The molecule has 0 aliphatic carbocycles. The second-order valence-electron chi connectivity index (χ2n) is 7.55. The van der Waals surface area contributed by atoms with Crippen molar-refractivity contribution >= 4 is 38.2 Å². The molecule has 0 saturated carbocycles. The summed E-state index contributed by atoms with van der Waals surface area (Å²) in [7, 11) is -2.40. The van der Waals surface area contributed by atoms with Gasteiger partial charge in [0.15, 0.2) is 10.9 Å². The maximum absolute atomic E-state index is 13.1. The molecule has 1 aliphatic rings. The summed E-state index contributed by atoms with van der Waals surface area (Å²) < 4.78 is 32.8. The largest absolute Gasteiger partial charge is 0.495 e. The molecule has 1 saturated heterocycles. The fourth-order valence-electron chi connectivity index (χ4n) is 3.66. The molecule has 33 heavy (non-hydrogen) atoms. The monoisotopic (exact) mass is 485 g/mol. The summed E-state index contributed by atoms with van der Waals surface area (Å²) in [6, 6.07) is 13.5. The number of ether oxygens (including phenoxy) is 1. The van der Waals surface area contributed by atoms with Crippen LogP contribution in [0.5, 0.6) is 5.75 Å². The van der Waals surface area contributed by atoms with Gasteiger partial charge in [0, 0.05) is 31.1 Å². The van der Waals surface area contributed by atoms with Crippen LogP contribution in [-0.4, -0.2) is 49.6 Å². The smallest absolute Gasteiger partial charge is 0.257 e. The Labute approximate surface area is 196 Å². The third kappa shape index (κ3) is 4.68. The molecule has 0 radical (unpaired) electrons. The van der Waals surface area contributed by atoms with Gasteiger partial charge in [-0.1, -0.05) is 41.7 Å². The number of Topliss-reactive ketones (excluding diaryl/α,β-unsaturated/α-hetero) is 1. The van der Waals surface area contributed by atoms with Crippen molar-refractivity contribution in [2.45, 2.75) is 24.7 Å². The van der Waals surface area contributed by atoms with Gasteiger partial charge in [0.1, 0.15) is 10.6 Å². The van der Waals surface area contributed by atoms with E-state index in [0.717, 1.165) is 29.7 Å². The average Bonchev–Trinajstić information content (AvgIpc) is 3.50. The molecular formula is C23H23N3O5S2. The van der Waals surface area contributed by atoms with Crippen LogP contribution >= 0.6 is 11.3 Å². The van der Waals surface area contributed by atoms with Crippen LogP contribution in [0.25, 0.3) is 11.3 Å². The summed E-state index contributed by atoms with van der Waals surface area (Å²) in [6.45, 7) is 2.33. The number of thiazole rings is 1. The van der Waals surface area contributed by atoms with Crippen LogP contribution in [0.4, 0.5) is 5.13 Å². The quantitative estimate of drug-likeness (QED) is 0.506. The van der Waals surface area contributed by atoms with Gasteiger partial charge in [-0.2, -0.15) is 4.31 Å². The number of amides is 1. The molecule has 1 aliphatic heterocycles. The zero-order chi connectivity index (χ0) is 23.6. The number of nitrogens with zero attached hydrogens (tertiary/aromatic N) is 2. The van der Waals surface area contributed by atoms with Crippen LogP contribution in [0.2, 0.25) is 0 Å². The van der Waals surface area contributed by atoms with Gasteiger partial charge in [-0.15, -0.1) is 0 Å². The Morgan fingerprint density at radius 3 is 2.42 bits per heavy atom. The van der Waals surface area contributed by atoms with Crippen LogP contribution in [0.3, 0.4) is 0 Å². The number of hydrogen-bond donors (Lipinski definition) is 1. The van der Waals surface area contributed by atoms with Crippen LogP contribution in [0.15, 0.2) is 53.4 Å². The maximum Gasteiger partial charge on any atom is 0.257 e. The van der Waals surface area contributed by atoms with E-state index in [1.165, 1.54) is 36.5 Å². The van der Waals surface area contributed by atoms with E-state index in [4.69, 9.17) is 4.74 Å². The number of rotatable bonds is 7. The molecule has 2 heterocycles. The topological polar surface area (TPSA) is 106 Å². The summed E-state index contributed by atoms with van der Waals surface area (Å²) in [6.07, 6.45) is 1.60. The van der Waals surface area contributed by atoms with E-state index in [1.807, 2.05) is 30.3 Å².